The summed E-state index contributed by atoms with van der Waals surface area (Å²) < 4.78 is 10.9. The zero-order valence-electron chi connectivity index (χ0n) is 18.5. The molecule has 8 nitrogen and oxygen atoms in total. The second-order valence-corrected chi connectivity index (χ2v) is 7.35. The summed E-state index contributed by atoms with van der Waals surface area (Å²) >= 11 is 0. The number of aromatic nitrogens is 1. The van der Waals surface area contributed by atoms with Crippen LogP contribution in [0, 0.1) is 0 Å². The molecule has 4 N–H and O–H groups in total. The average molecular weight is 449 g/mol. The molecule has 0 bridgehead atoms. The molecule has 2 aromatic carbocycles. The van der Waals surface area contributed by atoms with E-state index in [-0.39, 0.29) is 12.5 Å². The molecule has 0 aliphatic heterocycles. The Morgan fingerprint density at radius 1 is 1.06 bits per heavy atom. The number of nitrogens with zero attached hydrogens (tertiary/aromatic N) is 1. The molecule has 0 aliphatic rings. The third kappa shape index (κ3) is 7.33. The number of hydrogen-bond acceptors (Lipinski definition) is 6. The molecule has 3 rings (SSSR count). The second kappa shape index (κ2) is 12.2. The van der Waals surface area contributed by atoms with Crippen molar-refractivity contribution in [2.24, 2.45) is 0 Å². The van der Waals surface area contributed by atoms with E-state index in [9.17, 15) is 9.59 Å². The lowest BCUT2D eigenvalue weighted by Crippen LogP contribution is -2.49. The molecule has 172 valence electrons. The average Bonchev–Trinajstić information content (AvgIpc) is 2.84. The first-order valence-electron chi connectivity index (χ1n) is 10.6. The summed E-state index contributed by atoms with van der Waals surface area (Å²) in [5, 5.41) is 5.59. The monoisotopic (exact) mass is 448 g/mol. The fourth-order valence-corrected chi connectivity index (χ4v) is 3.15. The van der Waals surface area contributed by atoms with E-state index in [2.05, 4.69) is 15.6 Å². The minimum Gasteiger partial charge on any atom is -0.495 e. The molecule has 1 heterocycles. The Kier molecular flexibility index (Phi) is 8.79. The van der Waals surface area contributed by atoms with E-state index in [0.29, 0.717) is 36.6 Å². The molecule has 3 aromatic rings. The van der Waals surface area contributed by atoms with Gasteiger partial charge in [-0.1, -0.05) is 36.4 Å². The molecule has 0 radical (unpaired) electrons. The highest BCUT2D eigenvalue weighted by atomic mass is 16.5. The lowest BCUT2D eigenvalue weighted by Gasteiger charge is -2.19. The summed E-state index contributed by atoms with van der Waals surface area (Å²) in [5.74, 6) is -0.298. The summed E-state index contributed by atoms with van der Waals surface area (Å²) in [7, 11) is 1.50. The zero-order valence-corrected chi connectivity index (χ0v) is 18.5. The molecule has 2 amide bonds. The number of carbonyl (C=O) groups is 2. The summed E-state index contributed by atoms with van der Waals surface area (Å²) in [6.07, 6.45) is 2.28. The van der Waals surface area contributed by atoms with E-state index in [1.54, 1.807) is 18.3 Å². The van der Waals surface area contributed by atoms with Gasteiger partial charge in [0.15, 0.2) is 0 Å². The van der Waals surface area contributed by atoms with Gasteiger partial charge in [0.1, 0.15) is 11.8 Å². The summed E-state index contributed by atoms with van der Waals surface area (Å²) in [5.41, 5.74) is 8.41. The van der Waals surface area contributed by atoms with E-state index >= 15 is 0 Å². The molecule has 0 saturated heterocycles. The van der Waals surface area contributed by atoms with Crippen molar-refractivity contribution in [3.8, 4) is 5.75 Å². The fraction of sp³-hybridized carbons (Fsp3) is 0.240. The number of hydrogen-bond donors (Lipinski definition) is 3. The Bertz CT molecular complexity index is 1040. The van der Waals surface area contributed by atoms with Crippen LogP contribution in [-0.2, 0) is 22.6 Å². The Balaban J connectivity index is 1.62. The maximum Gasteiger partial charge on any atom is 0.252 e. The normalized spacial score (nSPS) is 11.4. The van der Waals surface area contributed by atoms with E-state index in [1.165, 1.54) is 13.2 Å². The van der Waals surface area contributed by atoms with Gasteiger partial charge in [0.05, 0.1) is 26.0 Å². The number of pyridine rings is 1. The third-order valence-corrected chi connectivity index (χ3v) is 4.92. The lowest BCUT2D eigenvalue weighted by atomic mass is 10.1. The van der Waals surface area contributed by atoms with Crippen LogP contribution in [0.5, 0.6) is 5.75 Å². The molecule has 0 spiro atoms. The predicted octanol–water partition coefficient (Wildman–Crippen LogP) is 2.35. The number of nitrogens with one attached hydrogen (secondary N) is 2. The summed E-state index contributed by atoms with van der Waals surface area (Å²) in [6.45, 7) is 0.724. The minimum absolute atomic E-state index is 0.0156. The summed E-state index contributed by atoms with van der Waals surface area (Å²) in [4.78, 5) is 29.9. The largest absolute Gasteiger partial charge is 0.495 e. The molecule has 8 heteroatoms. The van der Waals surface area contributed by atoms with Crippen LogP contribution in [0.25, 0.3) is 0 Å². The van der Waals surface area contributed by atoms with Crippen molar-refractivity contribution in [1.29, 1.82) is 0 Å². The third-order valence-electron chi connectivity index (χ3n) is 4.92. The number of ether oxygens (including phenoxy) is 2. The van der Waals surface area contributed by atoms with Gasteiger partial charge in [-0.15, -0.1) is 0 Å². The first-order chi connectivity index (χ1) is 16.1. The number of benzene rings is 2. The maximum absolute atomic E-state index is 12.8. The van der Waals surface area contributed by atoms with Crippen molar-refractivity contribution < 1.29 is 19.1 Å². The Morgan fingerprint density at radius 2 is 1.85 bits per heavy atom. The molecule has 0 saturated carbocycles. The first kappa shape index (κ1) is 23.7. The zero-order chi connectivity index (χ0) is 23.5. The Morgan fingerprint density at radius 3 is 2.55 bits per heavy atom. The number of rotatable bonds is 11. The maximum atomic E-state index is 12.8. The molecular formula is C25H28N4O4. The van der Waals surface area contributed by atoms with Gasteiger partial charge < -0.3 is 25.8 Å². The highest BCUT2D eigenvalue weighted by Gasteiger charge is 2.22. The van der Waals surface area contributed by atoms with Gasteiger partial charge in [0.25, 0.3) is 5.91 Å². The van der Waals surface area contributed by atoms with Gasteiger partial charge in [0, 0.05) is 30.4 Å². The minimum atomic E-state index is -0.881. The number of amides is 2. The van der Waals surface area contributed by atoms with Crippen LogP contribution in [0.1, 0.15) is 21.6 Å². The Hall–Kier alpha value is -3.91. The van der Waals surface area contributed by atoms with Crippen molar-refractivity contribution in [2.75, 3.05) is 26.0 Å². The van der Waals surface area contributed by atoms with Crippen LogP contribution in [-0.4, -0.2) is 43.1 Å². The Labute approximate surface area is 193 Å². The first-order valence-corrected chi connectivity index (χ1v) is 10.6. The van der Waals surface area contributed by atoms with Gasteiger partial charge in [-0.3, -0.25) is 14.6 Å². The molecule has 1 aromatic heterocycles. The fourth-order valence-electron chi connectivity index (χ4n) is 3.15. The van der Waals surface area contributed by atoms with Crippen LogP contribution < -0.4 is 21.1 Å². The molecule has 33 heavy (non-hydrogen) atoms. The molecule has 1 atom stereocenters. The van der Waals surface area contributed by atoms with Crippen molar-refractivity contribution >= 4 is 17.5 Å². The number of nitrogen functional groups attached to an aromatic ring is 1. The number of carbonyl (C=O) groups excluding carboxylic acids is 2. The molecular weight excluding hydrogens is 420 g/mol. The quantitative estimate of drug-likeness (QED) is 0.388. The SMILES string of the molecule is COc1ccc(C(=O)N[C@H](COCc2ccccc2)C(=O)NCCc2ccccn2)cc1N. The van der Waals surface area contributed by atoms with Gasteiger partial charge in [-0.05, 0) is 35.9 Å². The smallest absolute Gasteiger partial charge is 0.252 e. The van der Waals surface area contributed by atoms with Crippen LogP contribution >= 0.6 is 0 Å². The molecule has 0 unspecified atom stereocenters. The van der Waals surface area contributed by atoms with Crippen LogP contribution in [0.3, 0.4) is 0 Å². The van der Waals surface area contributed by atoms with Crippen molar-refractivity contribution in [3.05, 3.63) is 89.7 Å². The summed E-state index contributed by atoms with van der Waals surface area (Å²) in [6, 6.07) is 19.1. The van der Waals surface area contributed by atoms with Crippen LogP contribution in [0.15, 0.2) is 72.9 Å². The standard InChI is InChI=1S/C25H28N4O4/c1-32-23-11-10-19(15-21(23)26)24(30)29-22(17-33-16-18-7-3-2-4-8-18)25(31)28-14-12-20-9-5-6-13-27-20/h2-11,13,15,22H,12,14,16-17,26H2,1H3,(H,28,31)(H,29,30)/t22-/m1/s1. The number of nitrogens with two attached hydrogens (primary N) is 1. The predicted molar refractivity (Wildman–Crippen MR) is 126 cm³/mol. The lowest BCUT2D eigenvalue weighted by molar-refractivity contribution is -0.124. The van der Waals surface area contributed by atoms with Crippen LogP contribution in [0.4, 0.5) is 5.69 Å². The second-order valence-electron chi connectivity index (χ2n) is 7.35. The van der Waals surface area contributed by atoms with Crippen molar-refractivity contribution in [3.63, 3.8) is 0 Å². The molecule has 0 fully saturated rings. The van der Waals surface area contributed by atoms with E-state index in [1.807, 2.05) is 48.5 Å². The van der Waals surface area contributed by atoms with Gasteiger partial charge in [-0.25, -0.2) is 0 Å². The molecule has 0 aliphatic carbocycles. The van der Waals surface area contributed by atoms with E-state index in [0.717, 1.165) is 11.3 Å². The van der Waals surface area contributed by atoms with Crippen LogP contribution in [0.2, 0.25) is 0 Å². The van der Waals surface area contributed by atoms with Gasteiger partial charge in [0.2, 0.25) is 5.91 Å². The number of methoxy groups -OCH3 is 1. The van der Waals surface area contributed by atoms with E-state index in [4.69, 9.17) is 15.2 Å². The number of anilines is 1. The topological polar surface area (TPSA) is 116 Å². The van der Waals surface area contributed by atoms with Gasteiger partial charge in [-0.2, -0.15) is 0 Å². The van der Waals surface area contributed by atoms with Gasteiger partial charge >= 0.3 is 0 Å². The highest BCUT2D eigenvalue weighted by molar-refractivity contribution is 5.98. The highest BCUT2D eigenvalue weighted by Crippen LogP contribution is 2.21. The van der Waals surface area contributed by atoms with Crippen molar-refractivity contribution in [2.45, 2.75) is 19.1 Å². The van der Waals surface area contributed by atoms with Crippen molar-refractivity contribution in [1.82, 2.24) is 15.6 Å². The van der Waals surface area contributed by atoms with E-state index < -0.39 is 11.9 Å².